The van der Waals surface area contributed by atoms with Gasteiger partial charge in [-0.2, -0.15) is 4.39 Å². The molecule has 5 heteroatoms. The van der Waals surface area contributed by atoms with Crippen LogP contribution in [0.25, 0.3) is 0 Å². The van der Waals surface area contributed by atoms with Crippen LogP contribution in [-0.2, 0) is 4.79 Å². The number of carbonyl (C=O) groups excluding carboxylic acids is 1. The number of halogens is 3. The highest BCUT2D eigenvalue weighted by atomic mass is 19.2. The molecule has 0 saturated carbocycles. The van der Waals surface area contributed by atoms with Crippen LogP contribution in [0.3, 0.4) is 0 Å². The van der Waals surface area contributed by atoms with E-state index in [-0.39, 0.29) is 0 Å². The van der Waals surface area contributed by atoms with Gasteiger partial charge in [-0.05, 0) is 12.1 Å². The third-order valence-corrected chi connectivity index (χ3v) is 1.38. The van der Waals surface area contributed by atoms with E-state index < -0.39 is 29.2 Å². The molecule has 1 rings (SSSR count). The van der Waals surface area contributed by atoms with Crippen molar-refractivity contribution in [2.45, 2.75) is 0 Å². The lowest BCUT2D eigenvalue weighted by Crippen LogP contribution is -2.06. The van der Waals surface area contributed by atoms with E-state index in [0.29, 0.717) is 6.07 Å². The van der Waals surface area contributed by atoms with Crippen LogP contribution in [0.5, 0.6) is 5.75 Å². The molecule has 0 saturated heterocycles. The van der Waals surface area contributed by atoms with Crippen LogP contribution >= 0.6 is 0 Å². The molecule has 0 aliphatic heterocycles. The van der Waals surface area contributed by atoms with Gasteiger partial charge in [0.25, 0.3) is 0 Å². The molecule has 0 aliphatic rings. The minimum Gasteiger partial charge on any atom is -0.420 e. The number of hydrogen-bond acceptors (Lipinski definition) is 2. The Morgan fingerprint density at radius 3 is 2.50 bits per heavy atom. The summed E-state index contributed by atoms with van der Waals surface area (Å²) in [4.78, 5) is 10.6. The Morgan fingerprint density at radius 2 is 1.93 bits per heavy atom. The molecule has 0 bridgehead atoms. The quantitative estimate of drug-likeness (QED) is 0.318. The molecule has 0 amide bonds. The highest BCUT2D eigenvalue weighted by Crippen LogP contribution is 2.21. The number of ether oxygens (including phenoxy) is 1. The van der Waals surface area contributed by atoms with Crippen molar-refractivity contribution in [2.24, 2.45) is 0 Å². The summed E-state index contributed by atoms with van der Waals surface area (Å²) in [6.07, 6.45) is 0.778. The molecule has 2 nitrogen and oxygen atoms in total. The fraction of sp³-hybridized carbons (Fsp3) is 0. The van der Waals surface area contributed by atoms with Crippen LogP contribution in [0.2, 0.25) is 0 Å². The smallest absolute Gasteiger partial charge is 0.335 e. The Kier molecular flexibility index (Phi) is 2.91. The van der Waals surface area contributed by atoms with E-state index in [1.165, 1.54) is 0 Å². The molecular weight excluding hydrogens is 197 g/mol. The molecule has 1 aromatic rings. The van der Waals surface area contributed by atoms with Gasteiger partial charge >= 0.3 is 5.97 Å². The van der Waals surface area contributed by atoms with E-state index in [1.54, 1.807) is 0 Å². The fourth-order valence-electron chi connectivity index (χ4n) is 0.737. The summed E-state index contributed by atoms with van der Waals surface area (Å²) in [5.41, 5.74) is 0. The van der Waals surface area contributed by atoms with E-state index in [4.69, 9.17) is 0 Å². The van der Waals surface area contributed by atoms with Crippen molar-refractivity contribution in [3.05, 3.63) is 42.2 Å². The molecule has 0 N–H and O–H groups in total. The number of rotatable bonds is 2. The Balaban J connectivity index is 3.05. The largest absolute Gasteiger partial charge is 0.420 e. The molecule has 0 unspecified atom stereocenters. The summed E-state index contributed by atoms with van der Waals surface area (Å²) in [6, 6.07) is 1.47. The molecule has 14 heavy (non-hydrogen) atoms. The van der Waals surface area contributed by atoms with E-state index in [2.05, 4.69) is 11.3 Å². The monoisotopic (exact) mass is 202 g/mol. The summed E-state index contributed by atoms with van der Waals surface area (Å²) in [5.74, 6) is -6.19. The van der Waals surface area contributed by atoms with Crippen LogP contribution in [0, 0.1) is 17.5 Å². The fourth-order valence-corrected chi connectivity index (χ4v) is 0.737. The first-order chi connectivity index (χ1) is 6.56. The Labute approximate surface area is 77.6 Å². The van der Waals surface area contributed by atoms with Crippen molar-refractivity contribution in [3.8, 4) is 5.75 Å². The van der Waals surface area contributed by atoms with Gasteiger partial charge in [-0.25, -0.2) is 13.6 Å². The molecule has 0 heterocycles. The molecule has 0 spiro atoms. The lowest BCUT2D eigenvalue weighted by molar-refractivity contribution is -0.129. The van der Waals surface area contributed by atoms with Crippen LogP contribution in [0.1, 0.15) is 0 Å². The maximum Gasteiger partial charge on any atom is 0.335 e. The van der Waals surface area contributed by atoms with E-state index in [1.807, 2.05) is 0 Å². The predicted molar refractivity (Wildman–Crippen MR) is 42.1 cm³/mol. The number of hydrogen-bond donors (Lipinski definition) is 0. The molecular formula is C9H5F3O2. The summed E-state index contributed by atoms with van der Waals surface area (Å²) in [7, 11) is 0. The minimum atomic E-state index is -1.68. The highest BCUT2D eigenvalue weighted by molar-refractivity contribution is 5.83. The third-order valence-electron chi connectivity index (χ3n) is 1.38. The second-order valence-corrected chi connectivity index (χ2v) is 2.30. The average molecular weight is 202 g/mol. The third kappa shape index (κ3) is 1.93. The van der Waals surface area contributed by atoms with Gasteiger partial charge < -0.3 is 4.74 Å². The first-order valence-electron chi connectivity index (χ1n) is 3.54. The highest BCUT2D eigenvalue weighted by Gasteiger charge is 2.15. The van der Waals surface area contributed by atoms with Crippen molar-refractivity contribution in [3.63, 3.8) is 0 Å². The lowest BCUT2D eigenvalue weighted by atomic mass is 10.3. The summed E-state index contributed by atoms with van der Waals surface area (Å²) < 4.78 is 42.1. The van der Waals surface area contributed by atoms with Gasteiger partial charge in [0.15, 0.2) is 17.4 Å². The molecule has 74 valence electrons. The topological polar surface area (TPSA) is 26.3 Å². The van der Waals surface area contributed by atoms with Crippen molar-refractivity contribution < 1.29 is 22.7 Å². The molecule has 0 aromatic heterocycles. The zero-order valence-electron chi connectivity index (χ0n) is 6.89. The van der Waals surface area contributed by atoms with Gasteiger partial charge in [-0.3, -0.25) is 0 Å². The van der Waals surface area contributed by atoms with Crippen LogP contribution in [-0.4, -0.2) is 5.97 Å². The van der Waals surface area contributed by atoms with Gasteiger partial charge in [0.2, 0.25) is 5.82 Å². The Bertz CT molecular complexity index is 388. The van der Waals surface area contributed by atoms with Crippen LogP contribution in [0.4, 0.5) is 13.2 Å². The maximum absolute atomic E-state index is 12.8. The zero-order valence-corrected chi connectivity index (χ0v) is 6.89. The van der Waals surface area contributed by atoms with E-state index >= 15 is 0 Å². The van der Waals surface area contributed by atoms with Crippen molar-refractivity contribution in [1.82, 2.24) is 0 Å². The van der Waals surface area contributed by atoms with Crippen LogP contribution < -0.4 is 4.74 Å². The van der Waals surface area contributed by atoms with E-state index in [9.17, 15) is 18.0 Å². The number of esters is 1. The Hall–Kier alpha value is -1.78. The average Bonchev–Trinajstić information content (AvgIpc) is 2.19. The predicted octanol–water partition coefficient (Wildman–Crippen LogP) is 2.20. The van der Waals surface area contributed by atoms with Crippen molar-refractivity contribution in [1.29, 1.82) is 0 Å². The summed E-state index contributed by atoms with van der Waals surface area (Å²) >= 11 is 0. The molecule has 1 aromatic carbocycles. The standard InChI is InChI=1S/C9H5F3O2/c1-2-7(13)14-6-4-3-5(10)8(11)9(6)12/h2-4H,1H2. The normalized spacial score (nSPS) is 9.64. The van der Waals surface area contributed by atoms with Gasteiger partial charge in [0, 0.05) is 6.08 Å². The Morgan fingerprint density at radius 1 is 1.29 bits per heavy atom. The molecule has 0 fully saturated rings. The van der Waals surface area contributed by atoms with Gasteiger partial charge in [-0.15, -0.1) is 0 Å². The first kappa shape index (κ1) is 10.3. The second kappa shape index (κ2) is 3.95. The van der Waals surface area contributed by atoms with Crippen molar-refractivity contribution in [2.75, 3.05) is 0 Å². The molecule has 0 radical (unpaired) electrons. The van der Waals surface area contributed by atoms with Gasteiger partial charge in [0.05, 0.1) is 0 Å². The van der Waals surface area contributed by atoms with Gasteiger partial charge in [-0.1, -0.05) is 6.58 Å². The second-order valence-electron chi connectivity index (χ2n) is 2.30. The summed E-state index contributed by atoms with van der Waals surface area (Å²) in [5, 5.41) is 0. The van der Waals surface area contributed by atoms with Gasteiger partial charge in [0.1, 0.15) is 0 Å². The number of benzene rings is 1. The van der Waals surface area contributed by atoms with Crippen molar-refractivity contribution >= 4 is 5.97 Å². The number of carbonyl (C=O) groups is 1. The lowest BCUT2D eigenvalue weighted by Gasteiger charge is -2.03. The maximum atomic E-state index is 12.8. The first-order valence-corrected chi connectivity index (χ1v) is 3.54. The molecule has 0 atom stereocenters. The molecule has 0 aliphatic carbocycles. The van der Waals surface area contributed by atoms with E-state index in [0.717, 1.165) is 12.1 Å². The zero-order chi connectivity index (χ0) is 10.7. The SMILES string of the molecule is C=CC(=O)Oc1ccc(F)c(F)c1F. The minimum absolute atomic E-state index is 0.657. The summed E-state index contributed by atoms with van der Waals surface area (Å²) in [6.45, 7) is 3.06. The van der Waals surface area contributed by atoms with Crippen LogP contribution in [0.15, 0.2) is 24.8 Å².